The zero-order valence-corrected chi connectivity index (χ0v) is 10.6. The molecular formula is C11H14N4O2S. The number of carbonyl (C=O) groups excluding carboxylic acids is 2. The van der Waals surface area contributed by atoms with Crippen LogP contribution in [0.3, 0.4) is 0 Å². The Morgan fingerprint density at radius 2 is 2.39 bits per heavy atom. The van der Waals surface area contributed by atoms with Gasteiger partial charge in [0, 0.05) is 37.4 Å². The molecule has 0 aliphatic carbocycles. The van der Waals surface area contributed by atoms with E-state index < -0.39 is 5.91 Å². The summed E-state index contributed by atoms with van der Waals surface area (Å²) in [5.41, 5.74) is 6.33. The molecule has 1 atom stereocenters. The highest BCUT2D eigenvalue weighted by Crippen LogP contribution is 2.32. The molecule has 1 saturated heterocycles. The summed E-state index contributed by atoms with van der Waals surface area (Å²) >= 11 is 1.53. The van der Waals surface area contributed by atoms with Gasteiger partial charge in [0.05, 0.1) is 11.6 Å². The lowest BCUT2D eigenvalue weighted by Gasteiger charge is -2.11. The third-order valence-corrected chi connectivity index (χ3v) is 4.47. The van der Waals surface area contributed by atoms with Crippen LogP contribution in [0.25, 0.3) is 0 Å². The highest BCUT2D eigenvalue weighted by atomic mass is 32.1. The van der Waals surface area contributed by atoms with E-state index in [4.69, 9.17) is 5.73 Å². The van der Waals surface area contributed by atoms with Gasteiger partial charge in [-0.2, -0.15) is 0 Å². The van der Waals surface area contributed by atoms with Gasteiger partial charge in [0.25, 0.3) is 0 Å². The maximum Gasteiger partial charge on any atom is 0.229 e. The molecule has 0 bridgehead atoms. The fraction of sp³-hybridized carbons (Fsp3) is 0.545. The molecule has 2 aliphatic rings. The van der Waals surface area contributed by atoms with Crippen molar-refractivity contribution in [3.63, 3.8) is 0 Å². The number of amides is 2. The van der Waals surface area contributed by atoms with Gasteiger partial charge >= 0.3 is 0 Å². The molecule has 2 amide bonds. The Balaban J connectivity index is 1.84. The van der Waals surface area contributed by atoms with Crippen molar-refractivity contribution in [2.24, 2.45) is 11.7 Å². The number of carbonyl (C=O) groups is 2. The van der Waals surface area contributed by atoms with Crippen molar-refractivity contribution in [1.82, 2.24) is 10.3 Å². The summed E-state index contributed by atoms with van der Waals surface area (Å²) in [6, 6.07) is 0. The van der Waals surface area contributed by atoms with E-state index in [2.05, 4.69) is 10.3 Å². The molecule has 96 valence electrons. The second-order valence-corrected chi connectivity index (χ2v) is 5.66. The van der Waals surface area contributed by atoms with E-state index in [0.717, 1.165) is 25.2 Å². The predicted octanol–water partition coefficient (Wildman–Crippen LogP) is -0.373. The van der Waals surface area contributed by atoms with Gasteiger partial charge in [-0.25, -0.2) is 4.98 Å². The number of hydrogen-bond acceptors (Lipinski definition) is 5. The van der Waals surface area contributed by atoms with Crippen LogP contribution in [-0.4, -0.2) is 29.9 Å². The topological polar surface area (TPSA) is 88.3 Å². The number of aromatic nitrogens is 1. The second kappa shape index (κ2) is 4.33. The molecule has 0 radical (unpaired) electrons. The van der Waals surface area contributed by atoms with Gasteiger partial charge < -0.3 is 11.1 Å². The van der Waals surface area contributed by atoms with E-state index in [0.29, 0.717) is 11.7 Å². The number of nitrogens with two attached hydrogens (primary N) is 1. The third kappa shape index (κ3) is 1.89. The Bertz CT molecular complexity index is 490. The van der Waals surface area contributed by atoms with Gasteiger partial charge in [0.2, 0.25) is 11.8 Å². The lowest BCUT2D eigenvalue weighted by atomic mass is 10.1. The SMILES string of the molecule is NC(=O)C1CC(=O)N(c2nc3c(s2)CNCC3)C1. The lowest BCUT2D eigenvalue weighted by Crippen LogP contribution is -2.28. The van der Waals surface area contributed by atoms with Gasteiger partial charge in [-0.3, -0.25) is 14.5 Å². The van der Waals surface area contributed by atoms with Crippen molar-refractivity contribution in [2.45, 2.75) is 19.4 Å². The quantitative estimate of drug-likeness (QED) is 0.764. The monoisotopic (exact) mass is 266 g/mol. The first-order valence-corrected chi connectivity index (χ1v) is 6.76. The van der Waals surface area contributed by atoms with E-state index in [9.17, 15) is 9.59 Å². The van der Waals surface area contributed by atoms with Crippen molar-refractivity contribution >= 4 is 28.3 Å². The summed E-state index contributed by atoms with van der Waals surface area (Å²) in [4.78, 5) is 30.3. The fourth-order valence-electron chi connectivity index (χ4n) is 2.31. The Kier molecular flexibility index (Phi) is 2.79. The molecule has 0 aromatic carbocycles. The summed E-state index contributed by atoms with van der Waals surface area (Å²) in [5.74, 6) is -0.844. The minimum absolute atomic E-state index is 0.0575. The van der Waals surface area contributed by atoms with Crippen LogP contribution in [0.15, 0.2) is 0 Å². The molecule has 0 saturated carbocycles. The first kappa shape index (κ1) is 11.6. The maximum atomic E-state index is 11.9. The van der Waals surface area contributed by atoms with Crippen molar-refractivity contribution in [1.29, 1.82) is 0 Å². The summed E-state index contributed by atoms with van der Waals surface area (Å²) in [6.45, 7) is 2.11. The first-order chi connectivity index (χ1) is 8.65. The van der Waals surface area contributed by atoms with Crippen molar-refractivity contribution in [3.05, 3.63) is 10.6 Å². The predicted molar refractivity (Wildman–Crippen MR) is 67.2 cm³/mol. The highest BCUT2D eigenvalue weighted by Gasteiger charge is 2.35. The zero-order chi connectivity index (χ0) is 12.7. The zero-order valence-electron chi connectivity index (χ0n) is 9.81. The molecule has 2 aliphatic heterocycles. The van der Waals surface area contributed by atoms with Crippen LogP contribution in [0.2, 0.25) is 0 Å². The minimum atomic E-state index is -0.408. The van der Waals surface area contributed by atoms with Crippen molar-refractivity contribution in [2.75, 3.05) is 18.0 Å². The Labute approximate surface area is 108 Å². The van der Waals surface area contributed by atoms with Crippen molar-refractivity contribution in [3.8, 4) is 0 Å². The standard InChI is InChI=1S/C11H14N4O2S/c12-10(17)6-3-9(16)15(5-6)11-14-7-1-2-13-4-8(7)18-11/h6,13H,1-5H2,(H2,12,17). The average molecular weight is 266 g/mol. The summed E-state index contributed by atoms with van der Waals surface area (Å²) in [6.07, 6.45) is 1.10. The molecule has 3 N–H and O–H groups in total. The average Bonchev–Trinajstić information content (AvgIpc) is 2.91. The fourth-order valence-corrected chi connectivity index (χ4v) is 3.41. The minimum Gasteiger partial charge on any atom is -0.369 e. The number of rotatable bonds is 2. The highest BCUT2D eigenvalue weighted by molar-refractivity contribution is 7.16. The molecule has 1 unspecified atom stereocenters. The number of hydrogen-bond donors (Lipinski definition) is 2. The largest absolute Gasteiger partial charge is 0.369 e. The van der Waals surface area contributed by atoms with Gasteiger partial charge in [0.1, 0.15) is 0 Å². The number of primary amides is 1. The number of fused-ring (bicyclic) bond motifs is 1. The van der Waals surface area contributed by atoms with E-state index in [1.165, 1.54) is 16.2 Å². The molecule has 7 heteroatoms. The summed E-state index contributed by atoms with van der Waals surface area (Å²) in [5, 5.41) is 3.98. The molecule has 18 heavy (non-hydrogen) atoms. The van der Waals surface area contributed by atoms with Crippen LogP contribution in [0.4, 0.5) is 5.13 Å². The van der Waals surface area contributed by atoms with Crippen LogP contribution in [0, 0.1) is 5.92 Å². The Hall–Kier alpha value is -1.47. The molecule has 6 nitrogen and oxygen atoms in total. The van der Waals surface area contributed by atoms with Crippen molar-refractivity contribution < 1.29 is 9.59 Å². The number of anilines is 1. The van der Waals surface area contributed by atoms with Crippen LogP contribution in [0.1, 0.15) is 17.0 Å². The van der Waals surface area contributed by atoms with E-state index in [-0.39, 0.29) is 18.2 Å². The number of thiazole rings is 1. The number of nitrogens with zero attached hydrogens (tertiary/aromatic N) is 2. The van der Waals surface area contributed by atoms with Crippen LogP contribution in [0.5, 0.6) is 0 Å². The Morgan fingerprint density at radius 1 is 1.56 bits per heavy atom. The molecule has 0 spiro atoms. The van der Waals surface area contributed by atoms with Crippen LogP contribution < -0.4 is 16.0 Å². The van der Waals surface area contributed by atoms with Gasteiger partial charge in [-0.1, -0.05) is 11.3 Å². The Morgan fingerprint density at radius 3 is 3.06 bits per heavy atom. The van der Waals surface area contributed by atoms with E-state index in [1.807, 2.05) is 0 Å². The number of nitrogens with one attached hydrogen (secondary N) is 1. The first-order valence-electron chi connectivity index (χ1n) is 5.94. The van der Waals surface area contributed by atoms with E-state index in [1.54, 1.807) is 4.90 Å². The molecular weight excluding hydrogens is 252 g/mol. The smallest absolute Gasteiger partial charge is 0.229 e. The molecule has 1 aromatic heterocycles. The molecule has 1 aromatic rings. The van der Waals surface area contributed by atoms with Crippen LogP contribution in [-0.2, 0) is 22.6 Å². The van der Waals surface area contributed by atoms with Gasteiger partial charge in [-0.15, -0.1) is 0 Å². The second-order valence-electron chi connectivity index (χ2n) is 4.60. The summed E-state index contributed by atoms with van der Waals surface area (Å²) in [7, 11) is 0. The molecule has 3 rings (SSSR count). The van der Waals surface area contributed by atoms with Crippen LogP contribution >= 0.6 is 11.3 Å². The van der Waals surface area contributed by atoms with Gasteiger partial charge in [-0.05, 0) is 0 Å². The maximum absolute atomic E-state index is 11.9. The van der Waals surface area contributed by atoms with E-state index >= 15 is 0 Å². The molecule has 3 heterocycles. The summed E-state index contributed by atoms with van der Waals surface area (Å²) < 4.78 is 0. The molecule has 1 fully saturated rings. The third-order valence-electron chi connectivity index (χ3n) is 3.35. The lowest BCUT2D eigenvalue weighted by molar-refractivity contribution is -0.123. The van der Waals surface area contributed by atoms with Gasteiger partial charge in [0.15, 0.2) is 5.13 Å². The normalized spacial score (nSPS) is 23.2.